The number of rotatable bonds is 6. The van der Waals surface area contributed by atoms with Crippen LogP contribution in [0.3, 0.4) is 0 Å². The Bertz CT molecular complexity index is 492. The van der Waals surface area contributed by atoms with Gasteiger partial charge in [0.2, 0.25) is 5.91 Å². The first-order chi connectivity index (χ1) is 8.95. The third-order valence-electron chi connectivity index (χ3n) is 2.33. The zero-order valence-corrected chi connectivity index (χ0v) is 11.8. The Hall–Kier alpha value is -1.30. The predicted octanol–water partition coefficient (Wildman–Crippen LogP) is 2.63. The fraction of sp³-hybridized carbons (Fsp3) is 0.333. The summed E-state index contributed by atoms with van der Waals surface area (Å²) in [6.07, 6.45) is 0.228. The maximum absolute atomic E-state index is 11.7. The molecule has 1 aromatic rings. The van der Waals surface area contributed by atoms with Crippen LogP contribution >= 0.6 is 23.2 Å². The number of halogens is 2. The zero-order valence-electron chi connectivity index (χ0n) is 10.3. The number of hydrogen-bond acceptors (Lipinski definition) is 3. The van der Waals surface area contributed by atoms with Crippen LogP contribution in [0.2, 0.25) is 10.0 Å². The average molecular weight is 305 g/mol. The van der Waals surface area contributed by atoms with Gasteiger partial charge in [-0.25, -0.2) is 4.79 Å². The SMILES string of the molecule is CCNCCC(=O)Nc1c(Cl)cc(Cl)cc1C(=O)O. The number of carboxylic acid groups (broad SMARTS) is 1. The maximum atomic E-state index is 11.7. The van der Waals surface area contributed by atoms with Crippen LogP contribution < -0.4 is 10.6 Å². The highest BCUT2D eigenvalue weighted by atomic mass is 35.5. The number of carbonyl (C=O) groups is 2. The van der Waals surface area contributed by atoms with Crippen LogP contribution in [-0.2, 0) is 4.79 Å². The summed E-state index contributed by atoms with van der Waals surface area (Å²) in [5.41, 5.74) is -0.0608. The van der Waals surface area contributed by atoms with Crippen LogP contribution in [0, 0.1) is 0 Å². The second-order valence-corrected chi connectivity index (χ2v) is 4.61. The molecule has 7 heteroatoms. The Morgan fingerprint density at radius 2 is 2.00 bits per heavy atom. The van der Waals surface area contributed by atoms with Crippen molar-refractivity contribution < 1.29 is 14.7 Å². The van der Waals surface area contributed by atoms with Gasteiger partial charge in [0, 0.05) is 18.0 Å². The van der Waals surface area contributed by atoms with Gasteiger partial charge in [-0.1, -0.05) is 30.1 Å². The van der Waals surface area contributed by atoms with Gasteiger partial charge < -0.3 is 15.7 Å². The normalized spacial score (nSPS) is 10.3. The van der Waals surface area contributed by atoms with Crippen LogP contribution in [0.1, 0.15) is 23.7 Å². The molecular weight excluding hydrogens is 291 g/mol. The van der Waals surface area contributed by atoms with Gasteiger partial charge in [-0.3, -0.25) is 4.79 Å². The fourth-order valence-corrected chi connectivity index (χ4v) is 1.99. The number of carboxylic acids is 1. The number of amides is 1. The van der Waals surface area contributed by atoms with E-state index in [0.29, 0.717) is 6.54 Å². The first kappa shape index (κ1) is 15.8. The Morgan fingerprint density at radius 3 is 2.58 bits per heavy atom. The summed E-state index contributed by atoms with van der Waals surface area (Å²) < 4.78 is 0. The van der Waals surface area contributed by atoms with Crippen molar-refractivity contribution in [1.82, 2.24) is 5.32 Å². The number of carbonyl (C=O) groups excluding carboxylic acids is 1. The van der Waals surface area contributed by atoms with E-state index in [9.17, 15) is 9.59 Å². The molecule has 0 radical (unpaired) electrons. The monoisotopic (exact) mass is 304 g/mol. The second-order valence-electron chi connectivity index (χ2n) is 3.77. The number of benzene rings is 1. The molecule has 0 fully saturated rings. The van der Waals surface area contributed by atoms with Crippen LogP contribution in [-0.4, -0.2) is 30.1 Å². The van der Waals surface area contributed by atoms with Crippen molar-refractivity contribution in [3.8, 4) is 0 Å². The molecule has 1 rings (SSSR count). The van der Waals surface area contributed by atoms with Crippen LogP contribution in [0.5, 0.6) is 0 Å². The molecule has 0 aromatic heterocycles. The lowest BCUT2D eigenvalue weighted by molar-refractivity contribution is -0.116. The molecule has 0 saturated carbocycles. The van der Waals surface area contributed by atoms with E-state index in [1.165, 1.54) is 12.1 Å². The smallest absolute Gasteiger partial charge is 0.337 e. The minimum atomic E-state index is -1.20. The largest absolute Gasteiger partial charge is 0.478 e. The summed E-state index contributed by atoms with van der Waals surface area (Å²) >= 11 is 11.6. The highest BCUT2D eigenvalue weighted by Crippen LogP contribution is 2.30. The van der Waals surface area contributed by atoms with Crippen molar-refractivity contribution in [3.63, 3.8) is 0 Å². The standard InChI is InChI=1S/C12H14Cl2N2O3/c1-2-15-4-3-10(17)16-11-8(12(18)19)5-7(13)6-9(11)14/h5-6,15H,2-4H2,1H3,(H,16,17)(H,18,19). The lowest BCUT2D eigenvalue weighted by Gasteiger charge is -2.11. The minimum Gasteiger partial charge on any atom is -0.478 e. The minimum absolute atomic E-state index is 0.0695. The van der Waals surface area contributed by atoms with Gasteiger partial charge in [0.15, 0.2) is 0 Å². The Balaban J connectivity index is 2.88. The molecule has 0 heterocycles. The number of aromatic carboxylic acids is 1. The van der Waals surface area contributed by atoms with E-state index in [-0.39, 0.29) is 33.6 Å². The van der Waals surface area contributed by atoms with E-state index in [1.807, 2.05) is 6.92 Å². The van der Waals surface area contributed by atoms with Gasteiger partial charge in [0.25, 0.3) is 0 Å². The number of anilines is 1. The van der Waals surface area contributed by atoms with E-state index in [2.05, 4.69) is 10.6 Å². The topological polar surface area (TPSA) is 78.4 Å². The summed E-state index contributed by atoms with van der Waals surface area (Å²) in [6, 6.07) is 2.63. The molecule has 3 N–H and O–H groups in total. The van der Waals surface area contributed by atoms with Crippen LogP contribution in [0.4, 0.5) is 5.69 Å². The highest BCUT2D eigenvalue weighted by molar-refractivity contribution is 6.37. The lowest BCUT2D eigenvalue weighted by atomic mass is 10.1. The van der Waals surface area contributed by atoms with Crippen molar-refractivity contribution in [1.29, 1.82) is 0 Å². The summed E-state index contributed by atoms with van der Waals surface area (Å²) in [4.78, 5) is 22.8. The average Bonchev–Trinajstić information content (AvgIpc) is 2.32. The molecule has 5 nitrogen and oxygen atoms in total. The molecule has 1 amide bonds. The van der Waals surface area contributed by atoms with Crippen LogP contribution in [0.15, 0.2) is 12.1 Å². The Kier molecular flexibility index (Phi) is 6.08. The first-order valence-electron chi connectivity index (χ1n) is 5.68. The molecule has 104 valence electrons. The number of hydrogen-bond donors (Lipinski definition) is 3. The van der Waals surface area contributed by atoms with Gasteiger partial charge >= 0.3 is 5.97 Å². The van der Waals surface area contributed by atoms with E-state index < -0.39 is 5.97 Å². The zero-order chi connectivity index (χ0) is 14.4. The molecule has 1 aromatic carbocycles. The van der Waals surface area contributed by atoms with E-state index in [0.717, 1.165) is 6.54 Å². The molecule has 19 heavy (non-hydrogen) atoms. The molecule has 0 aliphatic heterocycles. The van der Waals surface area contributed by atoms with Gasteiger partial charge in [0.1, 0.15) is 0 Å². The van der Waals surface area contributed by atoms with Crippen molar-refractivity contribution >= 4 is 40.8 Å². The summed E-state index contributed by atoms with van der Waals surface area (Å²) in [5, 5.41) is 14.9. The fourth-order valence-electron chi connectivity index (χ4n) is 1.45. The van der Waals surface area contributed by atoms with Crippen molar-refractivity contribution in [2.45, 2.75) is 13.3 Å². The molecule has 0 spiro atoms. The second kappa shape index (κ2) is 7.33. The predicted molar refractivity (Wildman–Crippen MR) is 75.2 cm³/mol. The molecular formula is C12H14Cl2N2O3. The molecule has 0 bridgehead atoms. The quantitative estimate of drug-likeness (QED) is 0.706. The van der Waals surface area contributed by atoms with E-state index in [4.69, 9.17) is 28.3 Å². The third-order valence-corrected chi connectivity index (χ3v) is 2.84. The summed E-state index contributed by atoms with van der Waals surface area (Å²) in [6.45, 7) is 3.20. The lowest BCUT2D eigenvalue weighted by Crippen LogP contribution is -2.22. The Labute approximate surface area is 120 Å². The van der Waals surface area contributed by atoms with Gasteiger partial charge in [-0.05, 0) is 18.7 Å². The highest BCUT2D eigenvalue weighted by Gasteiger charge is 2.17. The molecule has 0 aliphatic carbocycles. The summed E-state index contributed by atoms with van der Waals surface area (Å²) in [7, 11) is 0. The molecule has 0 saturated heterocycles. The Morgan fingerprint density at radius 1 is 1.32 bits per heavy atom. The molecule has 0 aliphatic rings. The molecule has 0 unspecified atom stereocenters. The van der Waals surface area contributed by atoms with Crippen molar-refractivity contribution in [3.05, 3.63) is 27.7 Å². The van der Waals surface area contributed by atoms with Gasteiger partial charge in [0.05, 0.1) is 16.3 Å². The van der Waals surface area contributed by atoms with Crippen molar-refractivity contribution in [2.24, 2.45) is 0 Å². The maximum Gasteiger partial charge on any atom is 0.337 e. The summed E-state index contributed by atoms with van der Waals surface area (Å²) in [5.74, 6) is -1.51. The molecule has 0 atom stereocenters. The van der Waals surface area contributed by atoms with Gasteiger partial charge in [-0.15, -0.1) is 0 Å². The first-order valence-corrected chi connectivity index (χ1v) is 6.44. The number of nitrogens with one attached hydrogen (secondary N) is 2. The van der Waals surface area contributed by atoms with E-state index in [1.54, 1.807) is 0 Å². The van der Waals surface area contributed by atoms with Gasteiger partial charge in [-0.2, -0.15) is 0 Å². The van der Waals surface area contributed by atoms with Crippen LogP contribution in [0.25, 0.3) is 0 Å². The third kappa shape index (κ3) is 4.70. The van der Waals surface area contributed by atoms with E-state index >= 15 is 0 Å². The van der Waals surface area contributed by atoms with Crippen molar-refractivity contribution in [2.75, 3.05) is 18.4 Å².